The monoisotopic (exact) mass is 557 g/mol. The van der Waals surface area contributed by atoms with Crippen LogP contribution in [0.3, 0.4) is 0 Å². The lowest BCUT2D eigenvalue weighted by Gasteiger charge is -2.31. The highest BCUT2D eigenvalue weighted by Gasteiger charge is 2.22. The van der Waals surface area contributed by atoms with Crippen LogP contribution in [0.1, 0.15) is 69.8 Å². The number of hydrogen-bond donors (Lipinski definition) is 1. The van der Waals surface area contributed by atoms with Gasteiger partial charge in [0, 0.05) is 24.8 Å². The number of ether oxygens (including phenoxy) is 5. The van der Waals surface area contributed by atoms with Crippen LogP contribution in [-0.4, -0.2) is 68.9 Å². The molecule has 1 unspecified atom stereocenters. The zero-order chi connectivity index (χ0) is 29.5. The quantitative estimate of drug-likeness (QED) is 0.123. The van der Waals surface area contributed by atoms with Gasteiger partial charge in [0.05, 0.1) is 26.5 Å². The summed E-state index contributed by atoms with van der Waals surface area (Å²) in [6, 6.07) is 12.9. The van der Waals surface area contributed by atoms with Gasteiger partial charge in [-0.05, 0) is 102 Å². The molecule has 1 N–H and O–H groups in total. The fourth-order valence-electron chi connectivity index (χ4n) is 3.92. The Hall–Kier alpha value is -3.79. The van der Waals surface area contributed by atoms with Crippen LogP contribution in [0.2, 0.25) is 0 Å². The highest BCUT2D eigenvalue weighted by molar-refractivity contribution is 5.95. The molecule has 2 aromatic rings. The van der Waals surface area contributed by atoms with Crippen molar-refractivity contribution in [3.05, 3.63) is 53.6 Å². The maximum Gasteiger partial charge on any atom is 0.430 e. The molecule has 10 nitrogen and oxygen atoms in total. The first-order valence-corrected chi connectivity index (χ1v) is 13.5. The molecule has 220 valence electrons. The molecule has 10 heteroatoms. The predicted octanol–water partition coefficient (Wildman–Crippen LogP) is 5.63. The largest absolute Gasteiger partial charge is 0.494 e. The average molecular weight is 558 g/mol. The van der Waals surface area contributed by atoms with E-state index in [-0.39, 0.29) is 18.0 Å². The standard InChI is InChI=1S/C30H43N3O7/c1-21(2)33(22(3)4)29(34)25-13-16-27(28(19-25)37-7)39-18-10-8-9-17-38-26-14-11-24(12-15-26)20-31-32-30(35)40-23(5)36-6/h11-16,19-23H,8-10,17-18H2,1-7H3,(H,32,35). The van der Waals surface area contributed by atoms with Crippen molar-refractivity contribution in [3.63, 3.8) is 0 Å². The van der Waals surface area contributed by atoms with Gasteiger partial charge in [0.2, 0.25) is 6.29 Å². The normalized spacial score (nSPS) is 11.9. The van der Waals surface area contributed by atoms with Crippen LogP contribution in [0.25, 0.3) is 0 Å². The number of hydrogen-bond acceptors (Lipinski definition) is 8. The van der Waals surface area contributed by atoms with Gasteiger partial charge in [0.1, 0.15) is 5.75 Å². The summed E-state index contributed by atoms with van der Waals surface area (Å²) < 4.78 is 26.9. The number of amides is 2. The van der Waals surface area contributed by atoms with E-state index in [1.807, 2.05) is 56.9 Å². The number of nitrogens with zero attached hydrogens (tertiary/aromatic N) is 2. The van der Waals surface area contributed by atoms with Gasteiger partial charge in [0.15, 0.2) is 11.5 Å². The van der Waals surface area contributed by atoms with Crippen LogP contribution in [0, 0.1) is 0 Å². The smallest absolute Gasteiger partial charge is 0.430 e. The molecule has 2 aromatic carbocycles. The first-order valence-electron chi connectivity index (χ1n) is 13.5. The summed E-state index contributed by atoms with van der Waals surface area (Å²) in [6.45, 7) is 10.8. The minimum Gasteiger partial charge on any atom is -0.494 e. The van der Waals surface area contributed by atoms with Crippen LogP contribution < -0.4 is 19.6 Å². The van der Waals surface area contributed by atoms with Crippen LogP contribution >= 0.6 is 0 Å². The maximum absolute atomic E-state index is 13.0. The van der Waals surface area contributed by atoms with E-state index in [1.165, 1.54) is 13.3 Å². The number of carbonyl (C=O) groups excluding carboxylic acids is 2. The number of rotatable bonds is 16. The van der Waals surface area contributed by atoms with Gasteiger partial charge in [-0.1, -0.05) is 0 Å². The van der Waals surface area contributed by atoms with Gasteiger partial charge < -0.3 is 28.6 Å². The summed E-state index contributed by atoms with van der Waals surface area (Å²) in [7, 11) is 3.02. The third-order valence-corrected chi connectivity index (χ3v) is 5.93. The zero-order valence-corrected chi connectivity index (χ0v) is 24.6. The number of carbonyl (C=O) groups is 2. The van der Waals surface area contributed by atoms with Crippen molar-refractivity contribution in [2.45, 2.75) is 72.3 Å². The molecule has 2 rings (SSSR count). The second-order valence-electron chi connectivity index (χ2n) is 9.67. The molecule has 0 aliphatic rings. The number of nitrogens with one attached hydrogen (secondary N) is 1. The van der Waals surface area contributed by atoms with Gasteiger partial charge in [-0.15, -0.1) is 0 Å². The fraction of sp³-hybridized carbons (Fsp3) is 0.500. The molecule has 0 fully saturated rings. The van der Waals surface area contributed by atoms with E-state index < -0.39 is 12.4 Å². The summed E-state index contributed by atoms with van der Waals surface area (Å²) in [5.41, 5.74) is 3.65. The molecule has 0 bridgehead atoms. The van der Waals surface area contributed by atoms with E-state index in [4.69, 9.17) is 23.7 Å². The molecule has 40 heavy (non-hydrogen) atoms. The summed E-state index contributed by atoms with van der Waals surface area (Å²) >= 11 is 0. The Kier molecular flexibility index (Phi) is 13.8. The van der Waals surface area contributed by atoms with E-state index in [1.54, 1.807) is 32.2 Å². The molecule has 0 aliphatic carbocycles. The first kappa shape index (κ1) is 32.4. The molecule has 1 atom stereocenters. The first-order chi connectivity index (χ1) is 19.2. The Morgan fingerprint density at radius 3 is 2.12 bits per heavy atom. The van der Waals surface area contributed by atoms with Crippen LogP contribution in [-0.2, 0) is 9.47 Å². The van der Waals surface area contributed by atoms with Gasteiger partial charge >= 0.3 is 6.09 Å². The zero-order valence-electron chi connectivity index (χ0n) is 24.6. The minimum absolute atomic E-state index is 0.0235. The number of benzene rings is 2. The van der Waals surface area contributed by atoms with Crippen molar-refractivity contribution in [2.24, 2.45) is 5.10 Å². The molecule has 2 amide bonds. The second kappa shape index (κ2) is 17.0. The van der Waals surface area contributed by atoms with Crippen molar-refractivity contribution in [2.75, 3.05) is 27.4 Å². The van der Waals surface area contributed by atoms with Crippen molar-refractivity contribution in [3.8, 4) is 17.2 Å². The van der Waals surface area contributed by atoms with E-state index in [0.717, 1.165) is 30.6 Å². The SMILES string of the molecule is COc1cc(C(=O)N(C(C)C)C(C)C)ccc1OCCCCCOc1ccc(C=NNC(=O)OC(C)OC)cc1. The predicted molar refractivity (Wildman–Crippen MR) is 154 cm³/mol. The van der Waals surface area contributed by atoms with Crippen molar-refractivity contribution >= 4 is 18.2 Å². The number of unbranched alkanes of at least 4 members (excludes halogenated alkanes) is 2. The molecule has 0 aromatic heterocycles. The summed E-state index contributed by atoms with van der Waals surface area (Å²) in [4.78, 5) is 26.3. The van der Waals surface area contributed by atoms with Crippen LogP contribution in [0.15, 0.2) is 47.6 Å². The topological polar surface area (TPSA) is 108 Å². The molecule has 0 saturated carbocycles. The van der Waals surface area contributed by atoms with Crippen molar-refractivity contribution in [1.29, 1.82) is 0 Å². The van der Waals surface area contributed by atoms with Gasteiger partial charge in [0.25, 0.3) is 5.91 Å². The van der Waals surface area contributed by atoms with Gasteiger partial charge in [-0.25, -0.2) is 10.2 Å². The number of hydrazone groups is 1. The van der Waals surface area contributed by atoms with Crippen molar-refractivity contribution in [1.82, 2.24) is 10.3 Å². The summed E-state index contributed by atoms with van der Waals surface area (Å²) in [5.74, 6) is 1.90. The molecular formula is C30H43N3O7. The van der Waals surface area contributed by atoms with E-state index in [2.05, 4.69) is 10.5 Å². The lowest BCUT2D eigenvalue weighted by atomic mass is 10.1. The molecule has 0 aliphatic heterocycles. The van der Waals surface area contributed by atoms with Gasteiger partial charge in [-0.2, -0.15) is 5.10 Å². The third kappa shape index (κ3) is 10.8. The van der Waals surface area contributed by atoms with Crippen molar-refractivity contribution < 1.29 is 33.3 Å². The second-order valence-corrected chi connectivity index (χ2v) is 9.67. The molecule has 0 saturated heterocycles. The molecule has 0 heterocycles. The fourth-order valence-corrected chi connectivity index (χ4v) is 3.92. The third-order valence-electron chi connectivity index (χ3n) is 5.93. The lowest BCUT2D eigenvalue weighted by molar-refractivity contribution is -0.0673. The van der Waals surface area contributed by atoms with E-state index >= 15 is 0 Å². The molecule has 0 spiro atoms. The van der Waals surface area contributed by atoms with Crippen LogP contribution in [0.5, 0.6) is 17.2 Å². The Balaban J connectivity index is 1.70. The van der Waals surface area contributed by atoms with Crippen LogP contribution in [0.4, 0.5) is 4.79 Å². The highest BCUT2D eigenvalue weighted by Crippen LogP contribution is 2.29. The van der Waals surface area contributed by atoms with E-state index in [9.17, 15) is 9.59 Å². The summed E-state index contributed by atoms with van der Waals surface area (Å²) in [5, 5.41) is 3.84. The maximum atomic E-state index is 13.0. The Labute approximate surface area is 237 Å². The lowest BCUT2D eigenvalue weighted by Crippen LogP contribution is -2.42. The summed E-state index contributed by atoms with van der Waals surface area (Å²) in [6.07, 6.45) is 2.84. The Morgan fingerprint density at radius 2 is 1.52 bits per heavy atom. The molecule has 0 radical (unpaired) electrons. The minimum atomic E-state index is -0.695. The Morgan fingerprint density at radius 1 is 0.875 bits per heavy atom. The van der Waals surface area contributed by atoms with E-state index in [0.29, 0.717) is 30.3 Å². The highest BCUT2D eigenvalue weighted by atomic mass is 16.7. The average Bonchev–Trinajstić information content (AvgIpc) is 2.92. The Bertz CT molecular complexity index is 1080. The molecular weight excluding hydrogens is 514 g/mol. The number of methoxy groups -OCH3 is 2. The van der Waals surface area contributed by atoms with Gasteiger partial charge in [-0.3, -0.25) is 4.79 Å².